The van der Waals surface area contributed by atoms with E-state index in [2.05, 4.69) is 10.4 Å². The number of nitrogens with one attached hydrogen (secondary N) is 1. The molecule has 0 unspecified atom stereocenters. The van der Waals surface area contributed by atoms with E-state index in [1.54, 1.807) is 0 Å². The third-order valence-corrected chi connectivity index (χ3v) is 2.87. The van der Waals surface area contributed by atoms with Crippen molar-refractivity contribution in [1.29, 1.82) is 0 Å². The highest BCUT2D eigenvalue weighted by atomic mass is 16.5. The molecule has 2 aliphatic rings. The molecule has 0 amide bonds. The topological polar surface area (TPSA) is 44.7 Å². The summed E-state index contributed by atoms with van der Waals surface area (Å²) >= 11 is 0. The fourth-order valence-electron chi connectivity index (χ4n) is 1.91. The molecule has 76 valence electrons. The average Bonchev–Trinajstić information content (AvgIpc) is 2.13. The molecule has 4 heteroatoms. The first-order valence-corrected chi connectivity index (χ1v) is 5.02. The number of hydrogen-bond donors (Lipinski definition) is 2. The lowest BCUT2D eigenvalue weighted by molar-refractivity contribution is -0.154. The molecule has 2 N–H and O–H groups in total. The van der Waals surface area contributed by atoms with Crippen LogP contribution in [0.15, 0.2) is 0 Å². The third kappa shape index (κ3) is 2.02. The molecule has 0 aromatic heterocycles. The van der Waals surface area contributed by atoms with Gasteiger partial charge in [-0.2, -0.15) is 0 Å². The zero-order valence-corrected chi connectivity index (χ0v) is 7.96. The normalized spacial score (nSPS) is 28.4. The van der Waals surface area contributed by atoms with Crippen molar-refractivity contribution in [3.05, 3.63) is 0 Å². The second-order valence-corrected chi connectivity index (χ2v) is 4.19. The fraction of sp³-hybridized carbons (Fsp3) is 1.00. The first kappa shape index (κ1) is 9.40. The van der Waals surface area contributed by atoms with Crippen molar-refractivity contribution in [2.24, 2.45) is 5.41 Å². The number of aliphatic hydroxyl groups is 1. The fourth-order valence-corrected chi connectivity index (χ4v) is 1.91. The van der Waals surface area contributed by atoms with E-state index in [1.165, 1.54) is 12.8 Å². The van der Waals surface area contributed by atoms with Crippen LogP contribution in [0.4, 0.5) is 0 Å². The van der Waals surface area contributed by atoms with Gasteiger partial charge in [0, 0.05) is 19.6 Å². The van der Waals surface area contributed by atoms with E-state index in [1.807, 2.05) is 0 Å². The lowest BCUT2D eigenvalue weighted by Gasteiger charge is -2.44. The first-order valence-electron chi connectivity index (χ1n) is 5.02. The van der Waals surface area contributed by atoms with E-state index in [-0.39, 0.29) is 12.0 Å². The molecule has 0 aliphatic carbocycles. The number of aliphatic hydroxyl groups excluding tert-OH is 1. The summed E-state index contributed by atoms with van der Waals surface area (Å²) in [5.41, 5.74) is 3.36. The SMILES string of the molecule is OCC1(CN2CCCCN2)COC1. The highest BCUT2D eigenvalue weighted by Crippen LogP contribution is 2.27. The highest BCUT2D eigenvalue weighted by Gasteiger charge is 2.39. The lowest BCUT2D eigenvalue weighted by atomic mass is 9.86. The van der Waals surface area contributed by atoms with Gasteiger partial charge in [-0.1, -0.05) is 0 Å². The molecular formula is C9H18N2O2. The van der Waals surface area contributed by atoms with Crippen molar-refractivity contribution < 1.29 is 9.84 Å². The molecule has 2 aliphatic heterocycles. The smallest absolute Gasteiger partial charge is 0.0579 e. The van der Waals surface area contributed by atoms with Crippen molar-refractivity contribution in [3.8, 4) is 0 Å². The van der Waals surface area contributed by atoms with E-state index in [9.17, 15) is 5.11 Å². The van der Waals surface area contributed by atoms with Crippen LogP contribution in [-0.4, -0.2) is 49.6 Å². The Morgan fingerprint density at radius 2 is 2.23 bits per heavy atom. The molecule has 0 aromatic carbocycles. The molecular weight excluding hydrogens is 168 g/mol. The van der Waals surface area contributed by atoms with Gasteiger partial charge in [0.05, 0.1) is 25.2 Å². The van der Waals surface area contributed by atoms with Gasteiger partial charge in [0.15, 0.2) is 0 Å². The Hall–Kier alpha value is -0.160. The Morgan fingerprint density at radius 3 is 2.69 bits per heavy atom. The largest absolute Gasteiger partial charge is 0.396 e. The molecule has 0 saturated carbocycles. The van der Waals surface area contributed by atoms with Crippen LogP contribution in [0.3, 0.4) is 0 Å². The van der Waals surface area contributed by atoms with Crippen LogP contribution in [0.2, 0.25) is 0 Å². The van der Waals surface area contributed by atoms with E-state index >= 15 is 0 Å². The van der Waals surface area contributed by atoms with Crippen LogP contribution in [-0.2, 0) is 4.74 Å². The minimum atomic E-state index is 0.0182. The number of rotatable bonds is 3. The van der Waals surface area contributed by atoms with Gasteiger partial charge in [0.1, 0.15) is 0 Å². The van der Waals surface area contributed by atoms with Crippen molar-refractivity contribution in [2.75, 3.05) is 39.5 Å². The third-order valence-electron chi connectivity index (χ3n) is 2.87. The lowest BCUT2D eigenvalue weighted by Crippen LogP contribution is -2.57. The Morgan fingerprint density at radius 1 is 1.38 bits per heavy atom. The second-order valence-electron chi connectivity index (χ2n) is 4.19. The maximum Gasteiger partial charge on any atom is 0.0579 e. The summed E-state index contributed by atoms with van der Waals surface area (Å²) in [6, 6.07) is 0. The molecule has 0 atom stereocenters. The van der Waals surface area contributed by atoms with Gasteiger partial charge in [-0.3, -0.25) is 5.43 Å². The number of ether oxygens (including phenoxy) is 1. The summed E-state index contributed by atoms with van der Waals surface area (Å²) in [6.07, 6.45) is 2.52. The van der Waals surface area contributed by atoms with Crippen LogP contribution in [0.1, 0.15) is 12.8 Å². The summed E-state index contributed by atoms with van der Waals surface area (Å²) in [5.74, 6) is 0. The van der Waals surface area contributed by atoms with Crippen LogP contribution in [0.25, 0.3) is 0 Å². The van der Waals surface area contributed by atoms with Gasteiger partial charge in [-0.15, -0.1) is 0 Å². The Kier molecular flexibility index (Phi) is 2.83. The zero-order valence-electron chi connectivity index (χ0n) is 7.96. The predicted octanol–water partition coefficient (Wildman–Crippen LogP) is -0.404. The van der Waals surface area contributed by atoms with Gasteiger partial charge in [0.2, 0.25) is 0 Å². The van der Waals surface area contributed by atoms with Gasteiger partial charge in [0.25, 0.3) is 0 Å². The van der Waals surface area contributed by atoms with Crippen molar-refractivity contribution in [2.45, 2.75) is 12.8 Å². The molecule has 4 nitrogen and oxygen atoms in total. The minimum absolute atomic E-state index is 0.0182. The highest BCUT2D eigenvalue weighted by molar-refractivity contribution is 4.87. The van der Waals surface area contributed by atoms with Crippen molar-refractivity contribution in [1.82, 2.24) is 10.4 Å². The van der Waals surface area contributed by atoms with Gasteiger partial charge < -0.3 is 9.84 Å². The molecule has 0 radical (unpaired) electrons. The standard InChI is InChI=1S/C9H18N2O2/c12-6-9(7-13-8-9)5-11-4-2-1-3-10-11/h10,12H,1-8H2. The Labute approximate surface area is 78.8 Å². The molecule has 13 heavy (non-hydrogen) atoms. The summed E-state index contributed by atoms with van der Waals surface area (Å²) in [7, 11) is 0. The molecule has 2 fully saturated rings. The van der Waals surface area contributed by atoms with Gasteiger partial charge in [-0.25, -0.2) is 5.01 Å². The number of hydrogen-bond acceptors (Lipinski definition) is 4. The maximum atomic E-state index is 9.23. The zero-order chi connectivity index (χ0) is 9.15. The Bertz CT molecular complexity index is 159. The molecule has 2 saturated heterocycles. The molecule has 0 bridgehead atoms. The van der Waals surface area contributed by atoms with Crippen molar-refractivity contribution >= 4 is 0 Å². The molecule has 0 aromatic rings. The summed E-state index contributed by atoms with van der Waals surface area (Å²) in [6.45, 7) is 4.75. The maximum absolute atomic E-state index is 9.23. The van der Waals surface area contributed by atoms with Crippen molar-refractivity contribution in [3.63, 3.8) is 0 Å². The first-order chi connectivity index (χ1) is 6.35. The molecule has 0 spiro atoms. The summed E-state index contributed by atoms with van der Waals surface area (Å²) < 4.78 is 5.16. The van der Waals surface area contributed by atoms with Crippen LogP contribution in [0, 0.1) is 5.41 Å². The molecule has 2 heterocycles. The minimum Gasteiger partial charge on any atom is -0.396 e. The quantitative estimate of drug-likeness (QED) is 0.629. The summed E-state index contributed by atoms with van der Waals surface area (Å²) in [5, 5.41) is 11.5. The van der Waals surface area contributed by atoms with Crippen LogP contribution >= 0.6 is 0 Å². The summed E-state index contributed by atoms with van der Waals surface area (Å²) in [4.78, 5) is 0. The van der Waals surface area contributed by atoms with Gasteiger partial charge >= 0.3 is 0 Å². The van der Waals surface area contributed by atoms with E-state index in [4.69, 9.17) is 4.74 Å². The monoisotopic (exact) mass is 186 g/mol. The van der Waals surface area contributed by atoms with Gasteiger partial charge in [-0.05, 0) is 12.8 Å². The van der Waals surface area contributed by atoms with E-state index < -0.39 is 0 Å². The van der Waals surface area contributed by atoms with E-state index in [0.717, 1.165) is 19.6 Å². The Balaban J connectivity index is 1.81. The van der Waals surface area contributed by atoms with Crippen LogP contribution in [0.5, 0.6) is 0 Å². The predicted molar refractivity (Wildman–Crippen MR) is 49.1 cm³/mol. The average molecular weight is 186 g/mol. The number of hydrazine groups is 1. The number of nitrogens with zero attached hydrogens (tertiary/aromatic N) is 1. The van der Waals surface area contributed by atoms with Crippen LogP contribution < -0.4 is 5.43 Å². The molecule has 2 rings (SSSR count). The van der Waals surface area contributed by atoms with E-state index in [0.29, 0.717) is 13.2 Å². The second kappa shape index (κ2) is 3.92.